The molecule has 184 valence electrons. The predicted molar refractivity (Wildman–Crippen MR) is 112 cm³/mol. The van der Waals surface area contributed by atoms with Crippen molar-refractivity contribution in [3.8, 4) is 0 Å². The molecule has 0 aliphatic rings. The molecule has 32 heavy (non-hydrogen) atoms. The molecule has 1 aromatic rings. The topological polar surface area (TPSA) is 26.3 Å². The lowest BCUT2D eigenvalue weighted by molar-refractivity contribution is -0.141. The molecule has 1 rings (SSSR count). The van der Waals surface area contributed by atoms with Crippen molar-refractivity contribution in [2.45, 2.75) is 109 Å². The Bertz CT molecular complexity index is 682. The molecule has 0 N–H and O–H groups in total. The van der Waals surface area contributed by atoms with Crippen molar-refractivity contribution in [1.82, 2.24) is 0 Å². The van der Waals surface area contributed by atoms with Gasteiger partial charge in [0.15, 0.2) is 0 Å². The van der Waals surface area contributed by atoms with Gasteiger partial charge in [-0.25, -0.2) is 4.79 Å². The first-order valence-corrected chi connectivity index (χ1v) is 11.5. The van der Waals surface area contributed by atoms with E-state index in [1.165, 1.54) is 19.3 Å². The number of alkyl halides is 6. The minimum Gasteiger partial charge on any atom is -0.459 e. The summed E-state index contributed by atoms with van der Waals surface area (Å²) < 4.78 is 84.1. The smallest absolute Gasteiger partial charge is 0.417 e. The van der Waals surface area contributed by atoms with E-state index < -0.39 is 41.1 Å². The maximum absolute atomic E-state index is 13.3. The summed E-state index contributed by atoms with van der Waals surface area (Å²) in [5.41, 5.74) is -3.83. The van der Waals surface area contributed by atoms with Crippen LogP contribution in [0, 0.1) is 0 Å². The maximum Gasteiger partial charge on any atom is 0.417 e. The molecule has 0 radical (unpaired) electrons. The highest BCUT2D eigenvalue weighted by atomic mass is 19.4. The van der Waals surface area contributed by atoms with Crippen LogP contribution in [0.5, 0.6) is 0 Å². The molecule has 1 unspecified atom stereocenters. The summed E-state index contributed by atoms with van der Waals surface area (Å²) in [7, 11) is 0. The molecule has 0 fully saturated rings. The first-order chi connectivity index (χ1) is 15.0. The van der Waals surface area contributed by atoms with Crippen LogP contribution in [0.15, 0.2) is 18.2 Å². The van der Waals surface area contributed by atoms with E-state index in [-0.39, 0.29) is 6.07 Å². The van der Waals surface area contributed by atoms with E-state index >= 15 is 0 Å². The third-order valence-corrected chi connectivity index (χ3v) is 5.41. The molecule has 0 saturated carbocycles. The second-order valence-electron chi connectivity index (χ2n) is 8.19. The summed E-state index contributed by atoms with van der Waals surface area (Å²) in [5, 5.41) is 0. The van der Waals surface area contributed by atoms with E-state index in [0.29, 0.717) is 31.4 Å². The molecule has 0 aliphatic carbocycles. The molecule has 0 aromatic heterocycles. The predicted octanol–water partition coefficient (Wildman–Crippen LogP) is 8.97. The first-order valence-electron chi connectivity index (χ1n) is 11.5. The highest BCUT2D eigenvalue weighted by molar-refractivity contribution is 5.91. The average Bonchev–Trinajstić information content (AvgIpc) is 2.71. The van der Waals surface area contributed by atoms with E-state index in [9.17, 15) is 31.1 Å². The zero-order valence-corrected chi connectivity index (χ0v) is 18.9. The average molecular weight is 469 g/mol. The van der Waals surface area contributed by atoms with Crippen molar-refractivity contribution in [3.05, 3.63) is 34.9 Å². The molecule has 2 nitrogen and oxygen atoms in total. The molecule has 0 saturated heterocycles. The summed E-state index contributed by atoms with van der Waals surface area (Å²) in [6.07, 6.45) is 0.606. The van der Waals surface area contributed by atoms with E-state index in [2.05, 4.69) is 6.92 Å². The minimum absolute atomic E-state index is 0.234. The van der Waals surface area contributed by atoms with E-state index in [0.717, 1.165) is 38.5 Å². The number of carbonyl (C=O) groups excluding carboxylic acids is 1. The van der Waals surface area contributed by atoms with Crippen LogP contribution in [0.25, 0.3) is 0 Å². The van der Waals surface area contributed by atoms with Crippen molar-refractivity contribution >= 4 is 5.97 Å². The summed E-state index contributed by atoms with van der Waals surface area (Å²) >= 11 is 0. The SMILES string of the molecule is CCCCCCCCCCC(CCCC)OC(=O)c1cc(C(F)(F)F)ccc1C(F)(F)F. The quantitative estimate of drug-likeness (QED) is 0.155. The van der Waals surface area contributed by atoms with Crippen molar-refractivity contribution in [3.63, 3.8) is 0 Å². The van der Waals surface area contributed by atoms with Gasteiger partial charge in [0, 0.05) is 0 Å². The summed E-state index contributed by atoms with van der Waals surface area (Å²) in [6.45, 7) is 4.08. The van der Waals surface area contributed by atoms with Gasteiger partial charge in [-0.05, 0) is 37.5 Å². The Kier molecular flexibility index (Phi) is 12.1. The van der Waals surface area contributed by atoms with Crippen molar-refractivity contribution in [2.24, 2.45) is 0 Å². The molecule has 0 amide bonds. The van der Waals surface area contributed by atoms with E-state index in [1.807, 2.05) is 6.92 Å². The second kappa shape index (κ2) is 13.7. The fourth-order valence-corrected chi connectivity index (χ4v) is 3.55. The lowest BCUT2D eigenvalue weighted by atomic mass is 10.0. The van der Waals surface area contributed by atoms with Gasteiger partial charge >= 0.3 is 18.3 Å². The second-order valence-corrected chi connectivity index (χ2v) is 8.19. The molecule has 1 aromatic carbocycles. The number of hydrogen-bond acceptors (Lipinski definition) is 2. The number of carbonyl (C=O) groups is 1. The van der Waals surface area contributed by atoms with Crippen LogP contribution in [0.2, 0.25) is 0 Å². The van der Waals surface area contributed by atoms with Gasteiger partial charge in [0.2, 0.25) is 0 Å². The van der Waals surface area contributed by atoms with Crippen LogP contribution in [-0.2, 0) is 17.1 Å². The number of hydrogen-bond donors (Lipinski definition) is 0. The number of unbranched alkanes of at least 4 members (excludes halogenated alkanes) is 8. The lowest BCUT2D eigenvalue weighted by Crippen LogP contribution is -2.22. The number of esters is 1. The largest absolute Gasteiger partial charge is 0.459 e. The minimum atomic E-state index is -4.96. The van der Waals surface area contributed by atoms with Gasteiger partial charge in [0.25, 0.3) is 0 Å². The van der Waals surface area contributed by atoms with Crippen molar-refractivity contribution < 1.29 is 35.9 Å². The molecule has 0 aliphatic heterocycles. The van der Waals surface area contributed by atoms with Gasteiger partial charge in [-0.3, -0.25) is 0 Å². The zero-order valence-electron chi connectivity index (χ0n) is 18.9. The Labute approximate surface area is 186 Å². The summed E-state index contributed by atoms with van der Waals surface area (Å²) in [6, 6.07) is 0.853. The zero-order chi connectivity index (χ0) is 24.2. The molecule has 8 heteroatoms. The molecule has 0 bridgehead atoms. The third kappa shape index (κ3) is 10.3. The van der Waals surface area contributed by atoms with Crippen LogP contribution in [0.1, 0.15) is 112 Å². The monoisotopic (exact) mass is 468 g/mol. The molecule has 0 heterocycles. The highest BCUT2D eigenvalue weighted by Crippen LogP contribution is 2.37. The van der Waals surface area contributed by atoms with E-state index in [4.69, 9.17) is 4.74 Å². The first kappa shape index (κ1) is 28.3. The van der Waals surface area contributed by atoms with E-state index in [1.54, 1.807) is 0 Å². The van der Waals surface area contributed by atoms with Gasteiger partial charge in [-0.15, -0.1) is 0 Å². The number of halogens is 6. The number of benzene rings is 1. The number of ether oxygens (including phenoxy) is 1. The van der Waals surface area contributed by atoms with Gasteiger partial charge in [-0.1, -0.05) is 71.6 Å². The Balaban J connectivity index is 2.82. The van der Waals surface area contributed by atoms with Gasteiger partial charge < -0.3 is 4.74 Å². The fraction of sp³-hybridized carbons (Fsp3) is 0.708. The van der Waals surface area contributed by atoms with Crippen molar-refractivity contribution in [2.75, 3.05) is 0 Å². The Morgan fingerprint density at radius 3 is 1.84 bits per heavy atom. The molecular weight excluding hydrogens is 434 g/mol. The maximum atomic E-state index is 13.3. The van der Waals surface area contributed by atoms with Crippen LogP contribution >= 0.6 is 0 Å². The summed E-state index contributed by atoms with van der Waals surface area (Å²) in [4.78, 5) is 12.5. The van der Waals surface area contributed by atoms with Crippen LogP contribution in [-0.4, -0.2) is 12.1 Å². The molecule has 0 spiro atoms. The standard InChI is InChI=1S/C24H34F6O2/c1-3-5-7-8-9-10-11-12-14-19(13-6-4-2)32-22(31)20-17-18(23(25,26)27)15-16-21(20)24(28,29)30/h15-17,19H,3-14H2,1-2H3. The molecular formula is C24H34F6O2. The summed E-state index contributed by atoms with van der Waals surface area (Å²) in [5.74, 6) is -1.36. The highest BCUT2D eigenvalue weighted by Gasteiger charge is 2.39. The lowest BCUT2D eigenvalue weighted by Gasteiger charge is -2.20. The van der Waals surface area contributed by atoms with Gasteiger partial charge in [-0.2, -0.15) is 26.3 Å². The van der Waals surface area contributed by atoms with Crippen LogP contribution < -0.4 is 0 Å². The third-order valence-electron chi connectivity index (χ3n) is 5.41. The van der Waals surface area contributed by atoms with Crippen LogP contribution in [0.4, 0.5) is 26.3 Å². The Morgan fingerprint density at radius 1 is 0.781 bits per heavy atom. The normalized spacial score (nSPS) is 13.2. The van der Waals surface area contributed by atoms with Crippen LogP contribution in [0.3, 0.4) is 0 Å². The van der Waals surface area contributed by atoms with Gasteiger partial charge in [0.1, 0.15) is 6.10 Å². The molecule has 1 atom stereocenters. The van der Waals surface area contributed by atoms with Crippen molar-refractivity contribution in [1.29, 1.82) is 0 Å². The Hall–Kier alpha value is -1.73. The number of rotatable bonds is 14. The fourth-order valence-electron chi connectivity index (χ4n) is 3.55. The Morgan fingerprint density at radius 2 is 1.31 bits per heavy atom. The van der Waals surface area contributed by atoms with Gasteiger partial charge in [0.05, 0.1) is 16.7 Å².